The van der Waals surface area contributed by atoms with Gasteiger partial charge in [0.15, 0.2) is 11.5 Å². The number of methoxy groups -OCH3 is 1. The molecule has 1 aromatic rings. The average Bonchev–Trinajstić information content (AvgIpc) is 2.28. The Bertz CT molecular complexity index is 411. The van der Waals surface area contributed by atoms with Crippen LogP contribution < -0.4 is 15.2 Å². The van der Waals surface area contributed by atoms with E-state index >= 15 is 0 Å². The Kier molecular flexibility index (Phi) is 6.11. The minimum absolute atomic E-state index is 0.0456. The summed E-state index contributed by atoms with van der Waals surface area (Å²) in [4.78, 5) is 0. The van der Waals surface area contributed by atoms with Gasteiger partial charge in [-0.2, -0.15) is 0 Å². The van der Waals surface area contributed by atoms with Gasteiger partial charge in [-0.15, -0.1) is 0 Å². The summed E-state index contributed by atoms with van der Waals surface area (Å²) in [5.41, 5.74) is 6.66. The lowest BCUT2D eigenvalue weighted by Gasteiger charge is -2.15. The highest BCUT2D eigenvalue weighted by molar-refractivity contribution is 7.79. The highest BCUT2D eigenvalue weighted by Crippen LogP contribution is 2.28. The molecule has 0 radical (unpaired) electrons. The van der Waals surface area contributed by atoms with E-state index in [1.54, 1.807) is 13.2 Å². The first-order valence-electron chi connectivity index (χ1n) is 5.68. The molecule has 0 heterocycles. The quantitative estimate of drug-likeness (QED) is 0.744. The topological polar surface area (TPSA) is 84.6 Å². The molecule has 2 atom stereocenters. The Hall–Kier alpha value is -1.11. The van der Waals surface area contributed by atoms with E-state index in [1.165, 1.54) is 0 Å². The minimum Gasteiger partial charge on any atom is -0.772 e. The molecule has 102 valence electrons. The molecule has 1 unspecified atom stereocenters. The minimum atomic E-state index is -2.12. The summed E-state index contributed by atoms with van der Waals surface area (Å²) in [5, 5.41) is 0. The van der Waals surface area contributed by atoms with Crippen LogP contribution in [0.3, 0.4) is 0 Å². The molecule has 0 fully saturated rings. The molecule has 0 aliphatic carbocycles. The van der Waals surface area contributed by atoms with E-state index in [0.29, 0.717) is 24.5 Å². The Morgan fingerprint density at radius 1 is 1.44 bits per heavy atom. The molecule has 0 aliphatic heterocycles. The number of hydrogen-bond donors (Lipinski definition) is 1. The van der Waals surface area contributed by atoms with E-state index in [9.17, 15) is 8.76 Å². The first-order chi connectivity index (χ1) is 8.56. The zero-order valence-electron chi connectivity index (χ0n) is 10.5. The maximum Gasteiger partial charge on any atom is 0.161 e. The third kappa shape index (κ3) is 4.64. The van der Waals surface area contributed by atoms with Crippen LogP contribution in [0.15, 0.2) is 18.2 Å². The van der Waals surface area contributed by atoms with Crippen molar-refractivity contribution in [3.05, 3.63) is 23.8 Å². The molecule has 0 aliphatic rings. The van der Waals surface area contributed by atoms with Crippen molar-refractivity contribution in [2.45, 2.75) is 19.4 Å². The first kappa shape index (κ1) is 14.9. The van der Waals surface area contributed by atoms with Gasteiger partial charge < -0.3 is 19.8 Å². The van der Waals surface area contributed by atoms with Crippen molar-refractivity contribution in [3.63, 3.8) is 0 Å². The normalized spacial score (nSPS) is 14.0. The fraction of sp³-hybridized carbons (Fsp3) is 0.500. The number of nitrogens with two attached hydrogens (primary N) is 1. The second-order valence-electron chi connectivity index (χ2n) is 3.85. The smallest absolute Gasteiger partial charge is 0.161 e. The first-order valence-corrected chi connectivity index (χ1v) is 6.92. The van der Waals surface area contributed by atoms with Crippen LogP contribution in [0.2, 0.25) is 0 Å². The van der Waals surface area contributed by atoms with Crippen LogP contribution in [0.4, 0.5) is 0 Å². The second kappa shape index (κ2) is 7.35. The second-order valence-corrected chi connectivity index (χ2v) is 4.79. The van der Waals surface area contributed by atoms with E-state index in [4.69, 9.17) is 15.2 Å². The summed E-state index contributed by atoms with van der Waals surface area (Å²) < 4.78 is 31.7. The predicted octanol–water partition coefficient (Wildman–Crippen LogP) is 0.843. The largest absolute Gasteiger partial charge is 0.772 e. The van der Waals surface area contributed by atoms with E-state index < -0.39 is 17.1 Å². The fourth-order valence-electron chi connectivity index (χ4n) is 1.65. The van der Waals surface area contributed by atoms with Crippen LogP contribution in [0.25, 0.3) is 0 Å². The maximum absolute atomic E-state index is 10.5. The van der Waals surface area contributed by atoms with Gasteiger partial charge in [-0.3, -0.25) is 4.21 Å². The molecule has 0 amide bonds. The molecule has 5 nitrogen and oxygen atoms in total. The summed E-state index contributed by atoms with van der Waals surface area (Å²) >= 11 is -2.12. The summed E-state index contributed by atoms with van der Waals surface area (Å²) in [6.45, 7) is 2.43. The van der Waals surface area contributed by atoms with E-state index in [-0.39, 0.29) is 5.75 Å². The van der Waals surface area contributed by atoms with Gasteiger partial charge in [0, 0.05) is 11.8 Å². The Balaban J connectivity index is 2.77. The molecule has 0 bridgehead atoms. The van der Waals surface area contributed by atoms with Crippen LogP contribution in [0.1, 0.15) is 12.5 Å². The zero-order chi connectivity index (χ0) is 13.5. The Morgan fingerprint density at radius 3 is 2.72 bits per heavy atom. The lowest BCUT2D eigenvalue weighted by Crippen LogP contribution is -2.29. The molecular formula is C12H18NO4S-. The Morgan fingerprint density at radius 2 is 2.17 bits per heavy atom. The molecule has 18 heavy (non-hydrogen) atoms. The van der Waals surface area contributed by atoms with Gasteiger partial charge in [-0.05, 0) is 31.0 Å². The molecule has 0 aromatic heterocycles. The summed E-state index contributed by atoms with van der Waals surface area (Å²) in [7, 11) is 1.57. The van der Waals surface area contributed by atoms with Crippen molar-refractivity contribution < 1.29 is 18.2 Å². The molecule has 1 rings (SSSR count). The van der Waals surface area contributed by atoms with Crippen LogP contribution in [-0.4, -0.2) is 34.3 Å². The number of rotatable bonds is 7. The van der Waals surface area contributed by atoms with Crippen molar-refractivity contribution in [2.24, 2.45) is 5.73 Å². The standard InChI is InChI=1S/C12H19NO4S/c1-3-17-12-7-9(4-5-11(12)16-2)6-10(13)8-18(14)15/h4-5,7,10H,3,6,8,13H2,1-2H3,(H,14,15)/p-1/t10-/m0/s1. The van der Waals surface area contributed by atoms with E-state index in [0.717, 1.165) is 5.56 Å². The predicted molar refractivity (Wildman–Crippen MR) is 69.6 cm³/mol. The van der Waals surface area contributed by atoms with Gasteiger partial charge in [0.25, 0.3) is 0 Å². The number of benzene rings is 1. The third-order valence-electron chi connectivity index (χ3n) is 2.38. The zero-order valence-corrected chi connectivity index (χ0v) is 11.4. The summed E-state index contributed by atoms with van der Waals surface area (Å²) in [6, 6.07) is 5.07. The molecule has 2 N–H and O–H groups in total. The molecule has 6 heteroatoms. The summed E-state index contributed by atoms with van der Waals surface area (Å²) in [5.74, 6) is 1.25. The van der Waals surface area contributed by atoms with Gasteiger partial charge >= 0.3 is 0 Å². The van der Waals surface area contributed by atoms with Crippen LogP contribution >= 0.6 is 0 Å². The fourth-order valence-corrected chi connectivity index (χ4v) is 2.12. The number of ether oxygens (including phenoxy) is 2. The maximum atomic E-state index is 10.5. The monoisotopic (exact) mass is 272 g/mol. The van der Waals surface area contributed by atoms with Crippen LogP contribution in [0.5, 0.6) is 11.5 Å². The van der Waals surface area contributed by atoms with Gasteiger partial charge in [0.1, 0.15) is 0 Å². The van der Waals surface area contributed by atoms with Gasteiger partial charge in [0.05, 0.1) is 13.7 Å². The van der Waals surface area contributed by atoms with Crippen molar-refractivity contribution in [1.29, 1.82) is 0 Å². The van der Waals surface area contributed by atoms with Gasteiger partial charge in [0.2, 0.25) is 0 Å². The molecule has 0 saturated heterocycles. The van der Waals surface area contributed by atoms with E-state index in [2.05, 4.69) is 0 Å². The lowest BCUT2D eigenvalue weighted by molar-refractivity contribution is 0.310. The van der Waals surface area contributed by atoms with Crippen molar-refractivity contribution in [2.75, 3.05) is 19.5 Å². The van der Waals surface area contributed by atoms with Crippen LogP contribution in [0, 0.1) is 0 Å². The average molecular weight is 272 g/mol. The van der Waals surface area contributed by atoms with Gasteiger partial charge in [-0.25, -0.2) is 0 Å². The highest BCUT2D eigenvalue weighted by Gasteiger charge is 2.09. The van der Waals surface area contributed by atoms with Crippen molar-refractivity contribution in [3.8, 4) is 11.5 Å². The lowest BCUT2D eigenvalue weighted by atomic mass is 10.1. The van der Waals surface area contributed by atoms with Crippen molar-refractivity contribution in [1.82, 2.24) is 0 Å². The molecule has 0 saturated carbocycles. The van der Waals surface area contributed by atoms with Crippen molar-refractivity contribution >= 4 is 11.1 Å². The number of hydrogen-bond acceptors (Lipinski definition) is 5. The van der Waals surface area contributed by atoms with Gasteiger partial charge in [-0.1, -0.05) is 17.1 Å². The summed E-state index contributed by atoms with van der Waals surface area (Å²) in [6.07, 6.45) is 0.484. The molecular weight excluding hydrogens is 254 g/mol. The van der Waals surface area contributed by atoms with E-state index in [1.807, 2.05) is 19.1 Å². The highest BCUT2D eigenvalue weighted by atomic mass is 32.2. The third-order valence-corrected chi connectivity index (χ3v) is 3.08. The molecule has 1 aromatic carbocycles. The SMILES string of the molecule is CCOc1cc(C[C@H](N)CS(=O)[O-])ccc1OC. The van der Waals surface area contributed by atoms with Crippen LogP contribution in [-0.2, 0) is 17.5 Å². The Labute approximate surface area is 110 Å². The molecule has 0 spiro atoms.